The molecule has 1 aromatic carbocycles. The van der Waals surface area contributed by atoms with E-state index >= 15 is 0 Å². The van der Waals surface area contributed by atoms with Gasteiger partial charge < -0.3 is 24.8 Å². The van der Waals surface area contributed by atoms with Crippen LogP contribution in [0.4, 0.5) is 0 Å². The molecular weight excluding hydrogens is 689 g/mol. The Balaban J connectivity index is 1.25. The summed E-state index contributed by atoms with van der Waals surface area (Å²) >= 11 is 0. The van der Waals surface area contributed by atoms with Gasteiger partial charge >= 0.3 is 11.9 Å². The Hall–Kier alpha value is -2.22. The Morgan fingerprint density at radius 1 is 0.945 bits per heavy atom. The van der Waals surface area contributed by atoms with Crippen molar-refractivity contribution in [3.8, 4) is 0 Å². The highest BCUT2D eigenvalue weighted by Crippen LogP contribution is 2.71. The highest BCUT2D eigenvalue weighted by Gasteiger charge is 2.75. The van der Waals surface area contributed by atoms with Crippen LogP contribution in [0.15, 0.2) is 42.0 Å². The summed E-state index contributed by atoms with van der Waals surface area (Å²) in [7, 11) is 0. The summed E-state index contributed by atoms with van der Waals surface area (Å²) in [5.74, 6) is -0.618. The Labute approximate surface area is 331 Å². The maximum atomic E-state index is 14.2. The van der Waals surface area contributed by atoms with E-state index in [1.165, 1.54) is 37.7 Å². The first-order valence-corrected chi connectivity index (χ1v) is 22.6. The zero-order valence-corrected chi connectivity index (χ0v) is 34.3. The molecule has 3 N–H and O–H groups in total. The number of esters is 2. The number of ether oxygens (including phenoxy) is 2. The number of aryl methyl sites for hydroxylation is 1. The topological polar surface area (TPSA) is 113 Å². The minimum atomic E-state index is -1.46. The second-order valence-corrected chi connectivity index (χ2v) is 20.0. The number of cyclic esters (lactones) is 1. The van der Waals surface area contributed by atoms with Gasteiger partial charge in [-0.25, -0.2) is 4.79 Å². The standard InChI is InChI=1S/C48H72O7/c1-33(13-12-16-35-14-6-4-7-15-35)19-20-40(49)48-41(50)23-26-45(3,38-22-27-46(31-38)24-10-11-25-46)43(48)39(55-44(52)37-17-8-5-9-18-37)29-34(2)47(48,53)28-21-36-30-42(51)54-32-36/h4,6-7,14-15,30,33-34,37-41,43,49-50,53H,5,8-13,16-29,31-32H2,1-3H3/t33-,34+,38+,39-,40+,41+,43?,45+,47-,48+/m1/s1. The van der Waals surface area contributed by atoms with Crippen molar-refractivity contribution < 1.29 is 34.4 Å². The van der Waals surface area contributed by atoms with E-state index < -0.39 is 35.2 Å². The van der Waals surface area contributed by atoms with Gasteiger partial charge in [-0.05, 0) is 142 Å². The Kier molecular flexibility index (Phi) is 12.6. The predicted molar refractivity (Wildman–Crippen MR) is 215 cm³/mol. The Morgan fingerprint density at radius 2 is 1.69 bits per heavy atom. The van der Waals surface area contributed by atoms with Crippen molar-refractivity contribution >= 4 is 11.9 Å². The van der Waals surface area contributed by atoms with Crippen LogP contribution in [0.1, 0.15) is 161 Å². The van der Waals surface area contributed by atoms with Crippen LogP contribution in [0.2, 0.25) is 0 Å². The molecule has 7 heteroatoms. The fraction of sp³-hybridized carbons (Fsp3) is 0.792. The van der Waals surface area contributed by atoms with E-state index in [4.69, 9.17) is 9.47 Å². The van der Waals surface area contributed by atoms with E-state index in [0.29, 0.717) is 49.4 Å². The zero-order chi connectivity index (χ0) is 38.8. The molecule has 7 nitrogen and oxygen atoms in total. The van der Waals surface area contributed by atoms with Gasteiger partial charge in [0.15, 0.2) is 0 Å². The number of rotatable bonds is 14. The molecule has 0 radical (unpaired) electrons. The SMILES string of the molecule is C[C@H](CCCc1ccccc1)CC[C@H](O)[C@]12C([C@H](OC(=O)C3CCCCC3)C[C@H](C)[C@]1(O)CCC1=CC(=O)OC1)[C@](C)([C@H]1CCC3(CCCC3)C1)CC[C@@H]2O. The third-order valence-corrected chi connectivity index (χ3v) is 16.8. The summed E-state index contributed by atoms with van der Waals surface area (Å²) in [6.07, 6.45) is 19.6. The average Bonchev–Trinajstić information content (AvgIpc) is 3.95. The number of fused-ring (bicyclic) bond motifs is 1. The summed E-state index contributed by atoms with van der Waals surface area (Å²) in [5.41, 5.74) is -0.560. The molecule has 1 heterocycles. The summed E-state index contributed by atoms with van der Waals surface area (Å²) < 4.78 is 12.1. The van der Waals surface area contributed by atoms with Crippen molar-refractivity contribution in [2.45, 2.75) is 186 Å². The Morgan fingerprint density at radius 3 is 2.40 bits per heavy atom. The molecular formula is C48H72O7. The fourth-order valence-corrected chi connectivity index (χ4v) is 13.7. The van der Waals surface area contributed by atoms with E-state index in [9.17, 15) is 24.9 Å². The first-order chi connectivity index (χ1) is 26.4. The van der Waals surface area contributed by atoms with Gasteiger partial charge in [0.2, 0.25) is 0 Å². The van der Waals surface area contributed by atoms with Gasteiger partial charge in [0.25, 0.3) is 0 Å². The van der Waals surface area contributed by atoms with Crippen molar-refractivity contribution in [3.05, 3.63) is 47.5 Å². The van der Waals surface area contributed by atoms with Crippen molar-refractivity contribution in [3.63, 3.8) is 0 Å². The van der Waals surface area contributed by atoms with Gasteiger partial charge in [0.05, 0.1) is 29.1 Å². The van der Waals surface area contributed by atoms with E-state index in [1.807, 2.05) is 6.92 Å². The van der Waals surface area contributed by atoms with Gasteiger partial charge in [0, 0.05) is 12.0 Å². The van der Waals surface area contributed by atoms with Crippen LogP contribution in [0.25, 0.3) is 0 Å². The highest BCUT2D eigenvalue weighted by atomic mass is 16.5. The number of carbonyl (C=O) groups is 2. The monoisotopic (exact) mass is 761 g/mol. The molecule has 6 aliphatic rings. The van der Waals surface area contributed by atoms with Gasteiger partial charge in [-0.15, -0.1) is 0 Å². The quantitative estimate of drug-likeness (QED) is 0.162. The molecule has 7 rings (SSSR count). The summed E-state index contributed by atoms with van der Waals surface area (Å²) in [5, 5.41) is 39.5. The van der Waals surface area contributed by atoms with Crippen molar-refractivity contribution in [2.75, 3.05) is 6.61 Å². The number of carbonyl (C=O) groups excluding carboxylic acids is 2. The van der Waals surface area contributed by atoms with Crippen LogP contribution in [-0.2, 0) is 25.5 Å². The van der Waals surface area contributed by atoms with Crippen LogP contribution >= 0.6 is 0 Å². The number of aliphatic hydroxyl groups excluding tert-OH is 2. The second-order valence-electron chi connectivity index (χ2n) is 20.0. The predicted octanol–water partition coefficient (Wildman–Crippen LogP) is 9.44. The normalized spacial score (nSPS) is 37.3. The number of benzene rings is 1. The zero-order valence-electron chi connectivity index (χ0n) is 34.3. The first-order valence-electron chi connectivity index (χ1n) is 22.6. The number of aliphatic hydroxyl groups is 3. The van der Waals surface area contributed by atoms with Crippen LogP contribution in [-0.4, -0.2) is 57.8 Å². The summed E-state index contributed by atoms with van der Waals surface area (Å²) in [6.45, 7) is 6.92. The molecule has 1 aliphatic heterocycles. The molecule has 5 aliphatic carbocycles. The van der Waals surface area contributed by atoms with Crippen molar-refractivity contribution in [1.29, 1.82) is 0 Å². The third-order valence-electron chi connectivity index (χ3n) is 16.8. The van der Waals surface area contributed by atoms with Crippen molar-refractivity contribution in [1.82, 2.24) is 0 Å². The van der Waals surface area contributed by atoms with Gasteiger partial charge in [-0.3, -0.25) is 4.79 Å². The highest BCUT2D eigenvalue weighted by molar-refractivity contribution is 5.85. The van der Waals surface area contributed by atoms with Gasteiger partial charge in [0.1, 0.15) is 12.7 Å². The molecule has 0 amide bonds. The summed E-state index contributed by atoms with van der Waals surface area (Å²) in [6, 6.07) is 10.6. The van der Waals surface area contributed by atoms with Crippen LogP contribution in [0, 0.1) is 45.8 Å². The van der Waals surface area contributed by atoms with E-state index in [-0.39, 0.29) is 35.8 Å². The van der Waals surface area contributed by atoms with Gasteiger partial charge in [-0.2, -0.15) is 0 Å². The van der Waals surface area contributed by atoms with Crippen LogP contribution < -0.4 is 0 Å². The molecule has 1 aromatic rings. The molecule has 0 bridgehead atoms. The van der Waals surface area contributed by atoms with Gasteiger partial charge in [-0.1, -0.05) is 89.6 Å². The van der Waals surface area contributed by atoms with Crippen molar-refractivity contribution in [2.24, 2.45) is 45.8 Å². The molecule has 306 valence electrons. The largest absolute Gasteiger partial charge is 0.462 e. The maximum absolute atomic E-state index is 14.2. The molecule has 1 spiro atoms. The lowest BCUT2D eigenvalue weighted by atomic mass is 9.38. The molecule has 0 aromatic heterocycles. The van der Waals surface area contributed by atoms with Crippen LogP contribution in [0.5, 0.6) is 0 Å². The third kappa shape index (κ3) is 7.98. The lowest BCUT2D eigenvalue weighted by molar-refractivity contribution is -0.326. The molecule has 1 unspecified atom stereocenters. The second kappa shape index (κ2) is 16.9. The first kappa shape index (κ1) is 41.0. The molecule has 10 atom stereocenters. The molecule has 5 fully saturated rings. The maximum Gasteiger partial charge on any atom is 0.331 e. The lowest BCUT2D eigenvalue weighted by Crippen LogP contribution is -2.77. The van der Waals surface area contributed by atoms with E-state index in [0.717, 1.165) is 82.6 Å². The average molecular weight is 761 g/mol. The minimum Gasteiger partial charge on any atom is -0.462 e. The van der Waals surface area contributed by atoms with E-state index in [2.05, 4.69) is 44.2 Å². The lowest BCUT2D eigenvalue weighted by Gasteiger charge is -2.70. The van der Waals surface area contributed by atoms with Crippen LogP contribution in [0.3, 0.4) is 0 Å². The molecule has 5 saturated carbocycles. The smallest absolute Gasteiger partial charge is 0.331 e. The molecule has 0 saturated heterocycles. The molecule has 55 heavy (non-hydrogen) atoms. The minimum absolute atomic E-state index is 0.110. The van der Waals surface area contributed by atoms with E-state index in [1.54, 1.807) is 6.08 Å². The Bertz CT molecular complexity index is 1490. The number of hydrogen-bond acceptors (Lipinski definition) is 7. The summed E-state index contributed by atoms with van der Waals surface area (Å²) in [4.78, 5) is 26.3. The number of hydrogen-bond donors (Lipinski definition) is 3. The fourth-order valence-electron chi connectivity index (χ4n) is 13.7.